The number of halogens is 1. The van der Waals surface area contributed by atoms with E-state index in [9.17, 15) is 14.7 Å². The number of hydrogen-bond acceptors (Lipinski definition) is 6. The molecule has 0 unspecified atom stereocenters. The molecule has 34 heavy (non-hydrogen) atoms. The van der Waals surface area contributed by atoms with Crippen LogP contribution in [0.3, 0.4) is 0 Å². The molecule has 0 radical (unpaired) electrons. The fourth-order valence-electron chi connectivity index (χ4n) is 3.53. The first-order valence-corrected chi connectivity index (χ1v) is 11.2. The summed E-state index contributed by atoms with van der Waals surface area (Å²) in [5, 5.41) is 18.1. The molecular formula is C26H27ClN2O5. The number of oxazole rings is 1. The number of aliphatic carboxylic acids is 1. The highest BCUT2D eigenvalue weighted by Gasteiger charge is 2.37. The third-order valence-corrected chi connectivity index (χ3v) is 6.03. The van der Waals surface area contributed by atoms with Crippen molar-refractivity contribution in [2.45, 2.75) is 46.1 Å². The molecule has 0 amide bonds. The van der Waals surface area contributed by atoms with Crippen LogP contribution < -0.4 is 4.74 Å². The normalized spacial score (nSPS) is 12.3. The molecule has 2 N–H and O–H groups in total. The van der Waals surface area contributed by atoms with Gasteiger partial charge in [-0.25, -0.2) is 4.98 Å². The third kappa shape index (κ3) is 5.37. The summed E-state index contributed by atoms with van der Waals surface area (Å²) < 4.78 is 11.7. The molecule has 1 aromatic heterocycles. The zero-order valence-corrected chi connectivity index (χ0v) is 20.3. The summed E-state index contributed by atoms with van der Waals surface area (Å²) in [6.45, 7) is 6.97. The molecule has 0 spiro atoms. The number of carbonyl (C=O) groups is 2. The van der Waals surface area contributed by atoms with Crippen LogP contribution >= 0.6 is 11.6 Å². The lowest BCUT2D eigenvalue weighted by Gasteiger charge is -2.26. The Balaban J connectivity index is 1.76. The molecule has 1 heterocycles. The standard InChI is InChI=1S/C26H27ClN2O5/c1-5-20(25(31)32)22(28)23(30)26(3,4)17-7-6-8-19(13-17)33-14-21-15(2)34-24(29-21)16-9-11-18(27)12-10-16/h6-13,20,28H,5,14H2,1-4H3,(H,31,32)/t20-/m1/s1. The molecule has 0 aliphatic carbocycles. The van der Waals surface area contributed by atoms with E-state index in [0.717, 1.165) is 5.56 Å². The molecule has 0 bridgehead atoms. The van der Waals surface area contributed by atoms with Gasteiger partial charge < -0.3 is 19.7 Å². The summed E-state index contributed by atoms with van der Waals surface area (Å²) in [6.07, 6.45) is 0.175. The van der Waals surface area contributed by atoms with Gasteiger partial charge in [0.2, 0.25) is 5.89 Å². The van der Waals surface area contributed by atoms with Crippen molar-refractivity contribution in [1.82, 2.24) is 4.98 Å². The predicted molar refractivity (Wildman–Crippen MR) is 130 cm³/mol. The van der Waals surface area contributed by atoms with Gasteiger partial charge in [-0.3, -0.25) is 9.59 Å². The van der Waals surface area contributed by atoms with Gasteiger partial charge in [0.05, 0.1) is 11.1 Å². The maximum absolute atomic E-state index is 13.0. The molecule has 1 atom stereocenters. The van der Waals surface area contributed by atoms with Gasteiger partial charge in [-0.05, 0) is 69.2 Å². The number of hydrogen-bond donors (Lipinski definition) is 2. The van der Waals surface area contributed by atoms with Crippen LogP contribution in [-0.2, 0) is 21.6 Å². The average molecular weight is 483 g/mol. The average Bonchev–Trinajstić information content (AvgIpc) is 3.18. The summed E-state index contributed by atoms with van der Waals surface area (Å²) >= 11 is 5.94. The van der Waals surface area contributed by atoms with E-state index in [0.29, 0.717) is 33.7 Å². The monoisotopic (exact) mass is 482 g/mol. The van der Waals surface area contributed by atoms with Gasteiger partial charge >= 0.3 is 5.97 Å². The molecule has 8 heteroatoms. The second-order valence-electron chi connectivity index (χ2n) is 8.51. The van der Waals surface area contributed by atoms with Crippen LogP contribution in [0.4, 0.5) is 0 Å². The summed E-state index contributed by atoms with van der Waals surface area (Å²) in [4.78, 5) is 28.9. The molecule has 0 aliphatic heterocycles. The Morgan fingerprint density at radius 2 is 1.88 bits per heavy atom. The van der Waals surface area contributed by atoms with Crippen LogP contribution in [0.2, 0.25) is 5.02 Å². The van der Waals surface area contributed by atoms with Crippen molar-refractivity contribution in [3.63, 3.8) is 0 Å². The Labute approximate surface area is 203 Å². The summed E-state index contributed by atoms with van der Waals surface area (Å²) in [7, 11) is 0. The molecule has 178 valence electrons. The second-order valence-corrected chi connectivity index (χ2v) is 8.95. The first kappa shape index (κ1) is 25.2. The first-order chi connectivity index (χ1) is 16.0. The van der Waals surface area contributed by atoms with Crippen LogP contribution in [0.5, 0.6) is 5.75 Å². The Hall–Kier alpha value is -3.45. The number of aryl methyl sites for hydroxylation is 1. The lowest BCUT2D eigenvalue weighted by Crippen LogP contribution is -2.40. The van der Waals surface area contributed by atoms with Crippen molar-refractivity contribution >= 4 is 29.1 Å². The number of benzene rings is 2. The lowest BCUT2D eigenvalue weighted by molar-refractivity contribution is -0.140. The van der Waals surface area contributed by atoms with E-state index in [1.807, 2.05) is 19.1 Å². The number of nitrogens with zero attached hydrogens (tertiary/aromatic N) is 1. The van der Waals surface area contributed by atoms with Gasteiger partial charge in [0.15, 0.2) is 5.78 Å². The zero-order chi connectivity index (χ0) is 25.0. The van der Waals surface area contributed by atoms with Crippen LogP contribution in [0.1, 0.15) is 44.2 Å². The van der Waals surface area contributed by atoms with Crippen molar-refractivity contribution in [3.8, 4) is 17.2 Å². The van der Waals surface area contributed by atoms with E-state index >= 15 is 0 Å². The van der Waals surface area contributed by atoms with Crippen molar-refractivity contribution in [1.29, 1.82) is 5.41 Å². The first-order valence-electron chi connectivity index (χ1n) is 10.9. The molecule has 0 saturated heterocycles. The highest BCUT2D eigenvalue weighted by atomic mass is 35.5. The second kappa shape index (κ2) is 10.2. The van der Waals surface area contributed by atoms with Crippen LogP contribution in [0.15, 0.2) is 52.9 Å². The Kier molecular flexibility index (Phi) is 7.57. The smallest absolute Gasteiger partial charge is 0.312 e. The van der Waals surface area contributed by atoms with Crippen molar-refractivity contribution in [2.75, 3.05) is 0 Å². The van der Waals surface area contributed by atoms with Crippen molar-refractivity contribution in [2.24, 2.45) is 5.92 Å². The maximum atomic E-state index is 13.0. The molecule has 3 aromatic rings. The number of aromatic nitrogens is 1. The van der Waals surface area contributed by atoms with Gasteiger partial charge in [0.25, 0.3) is 0 Å². The van der Waals surface area contributed by atoms with Gasteiger partial charge in [-0.1, -0.05) is 30.7 Å². The molecule has 0 fully saturated rings. The van der Waals surface area contributed by atoms with E-state index in [1.54, 1.807) is 57.2 Å². The number of Topliss-reactive ketones (excluding diaryl/α,β-unsaturated/α-hetero) is 1. The fourth-order valence-corrected chi connectivity index (χ4v) is 3.66. The van der Waals surface area contributed by atoms with E-state index < -0.39 is 28.8 Å². The van der Waals surface area contributed by atoms with E-state index in [4.69, 9.17) is 26.2 Å². The number of ketones is 1. The summed E-state index contributed by atoms with van der Waals surface area (Å²) in [5.74, 6) is -1.21. The molecule has 3 rings (SSSR count). The largest absolute Gasteiger partial charge is 0.487 e. The number of ether oxygens (including phenoxy) is 1. The SMILES string of the molecule is CC[C@H](C(=N)C(=O)C(C)(C)c1cccc(OCc2nc(-c3ccc(Cl)cc3)oc2C)c1)C(=O)O. The summed E-state index contributed by atoms with van der Waals surface area (Å²) in [5.41, 5.74) is 0.568. The molecule has 2 aromatic carbocycles. The van der Waals surface area contributed by atoms with Crippen LogP contribution in [-0.4, -0.2) is 27.6 Å². The molecular weight excluding hydrogens is 456 g/mol. The minimum absolute atomic E-state index is 0.160. The van der Waals surface area contributed by atoms with Crippen molar-refractivity contribution < 1.29 is 23.8 Å². The van der Waals surface area contributed by atoms with E-state index in [-0.39, 0.29) is 13.0 Å². The zero-order valence-electron chi connectivity index (χ0n) is 19.5. The Bertz CT molecular complexity index is 1210. The summed E-state index contributed by atoms with van der Waals surface area (Å²) in [6, 6.07) is 14.2. The Morgan fingerprint density at radius 3 is 2.50 bits per heavy atom. The minimum Gasteiger partial charge on any atom is -0.487 e. The van der Waals surface area contributed by atoms with Crippen molar-refractivity contribution in [3.05, 3.63) is 70.6 Å². The van der Waals surface area contributed by atoms with Gasteiger partial charge in [-0.2, -0.15) is 0 Å². The van der Waals surface area contributed by atoms with E-state index in [2.05, 4.69) is 4.98 Å². The quantitative estimate of drug-likeness (QED) is 0.350. The number of carbonyl (C=O) groups excluding carboxylic acids is 1. The number of nitrogens with one attached hydrogen (secondary N) is 1. The van der Waals surface area contributed by atoms with Gasteiger partial charge in [-0.15, -0.1) is 0 Å². The molecule has 0 saturated carbocycles. The third-order valence-electron chi connectivity index (χ3n) is 5.78. The van der Waals surface area contributed by atoms with E-state index in [1.165, 1.54) is 0 Å². The van der Waals surface area contributed by atoms with Gasteiger partial charge in [0.1, 0.15) is 29.7 Å². The van der Waals surface area contributed by atoms with Gasteiger partial charge in [0, 0.05) is 10.6 Å². The highest BCUT2D eigenvalue weighted by molar-refractivity contribution is 6.45. The highest BCUT2D eigenvalue weighted by Crippen LogP contribution is 2.30. The van der Waals surface area contributed by atoms with Crippen LogP contribution in [0.25, 0.3) is 11.5 Å². The lowest BCUT2D eigenvalue weighted by atomic mass is 9.76. The Morgan fingerprint density at radius 1 is 1.21 bits per heavy atom. The molecule has 7 nitrogen and oxygen atoms in total. The number of carboxylic acid groups (broad SMARTS) is 1. The fraction of sp³-hybridized carbons (Fsp3) is 0.308. The topological polar surface area (TPSA) is 113 Å². The van der Waals surface area contributed by atoms with Crippen LogP contribution in [0, 0.1) is 18.3 Å². The minimum atomic E-state index is -1.17. The molecule has 0 aliphatic rings. The predicted octanol–water partition coefficient (Wildman–Crippen LogP) is 5.86. The maximum Gasteiger partial charge on any atom is 0.312 e. The number of carboxylic acids is 1. The number of rotatable bonds is 10.